The first-order valence-electron chi connectivity index (χ1n) is 9.20. The number of fused-ring (bicyclic) bond motifs is 1. The lowest BCUT2D eigenvalue weighted by Gasteiger charge is -2.35. The predicted molar refractivity (Wildman–Crippen MR) is 107 cm³/mol. The second kappa shape index (κ2) is 7.22. The Morgan fingerprint density at radius 3 is 2.58 bits per heavy atom. The predicted octanol–water partition coefficient (Wildman–Crippen LogP) is 5.31. The van der Waals surface area contributed by atoms with E-state index in [-0.39, 0.29) is 5.91 Å². The number of benzene rings is 2. The summed E-state index contributed by atoms with van der Waals surface area (Å²) >= 11 is 12.3. The molecule has 0 aromatic heterocycles. The van der Waals surface area contributed by atoms with Gasteiger partial charge in [-0.3, -0.25) is 10.1 Å². The van der Waals surface area contributed by atoms with Crippen molar-refractivity contribution in [2.75, 3.05) is 5.32 Å². The van der Waals surface area contributed by atoms with Crippen molar-refractivity contribution < 1.29 is 4.79 Å². The minimum atomic E-state index is -0.785. The first kappa shape index (κ1) is 17.8. The second-order valence-electron chi connectivity index (χ2n) is 7.34. The molecule has 4 rings (SSSR count). The Balaban J connectivity index is 1.75. The van der Waals surface area contributed by atoms with Crippen molar-refractivity contribution in [1.82, 2.24) is 5.32 Å². The monoisotopic (exact) mass is 388 g/mol. The Hall–Kier alpha value is -1.55. The zero-order chi connectivity index (χ0) is 18.1. The fourth-order valence-corrected chi connectivity index (χ4v) is 4.65. The molecule has 1 atom stereocenters. The average Bonchev–Trinajstić information content (AvgIpc) is 2.86. The molecule has 136 valence electrons. The summed E-state index contributed by atoms with van der Waals surface area (Å²) in [5.41, 5.74) is 2.02. The van der Waals surface area contributed by atoms with Crippen LogP contribution in [0.4, 0.5) is 5.69 Å². The quantitative estimate of drug-likeness (QED) is 0.745. The highest BCUT2D eigenvalue weighted by Gasteiger charge is 2.48. The molecule has 1 aliphatic carbocycles. The number of rotatable bonds is 4. The molecule has 2 aromatic rings. The van der Waals surface area contributed by atoms with Gasteiger partial charge in [0.15, 0.2) is 0 Å². The van der Waals surface area contributed by atoms with E-state index in [2.05, 4.69) is 10.6 Å². The molecule has 1 heterocycles. The van der Waals surface area contributed by atoms with Gasteiger partial charge in [0.05, 0.1) is 0 Å². The maximum atomic E-state index is 13.2. The maximum absolute atomic E-state index is 13.2. The van der Waals surface area contributed by atoms with Crippen molar-refractivity contribution in [3.8, 4) is 0 Å². The SMILES string of the molecule is O=C1Nc2cc(Cl)ccc2C1(Cc1cccc(Cl)c1)NC1CCCCC1. The van der Waals surface area contributed by atoms with Crippen LogP contribution < -0.4 is 10.6 Å². The summed E-state index contributed by atoms with van der Waals surface area (Å²) in [6.45, 7) is 0. The van der Waals surface area contributed by atoms with Crippen LogP contribution in [-0.2, 0) is 16.8 Å². The van der Waals surface area contributed by atoms with E-state index in [1.807, 2.05) is 42.5 Å². The van der Waals surface area contributed by atoms with Crippen LogP contribution in [0.1, 0.15) is 43.2 Å². The van der Waals surface area contributed by atoms with E-state index in [9.17, 15) is 4.79 Å². The number of halogens is 2. The molecule has 2 N–H and O–H groups in total. The van der Waals surface area contributed by atoms with Crippen LogP contribution in [0.3, 0.4) is 0 Å². The third kappa shape index (κ3) is 3.36. The van der Waals surface area contributed by atoms with Crippen LogP contribution in [0.5, 0.6) is 0 Å². The van der Waals surface area contributed by atoms with Gasteiger partial charge in [-0.25, -0.2) is 0 Å². The maximum Gasteiger partial charge on any atom is 0.249 e. The molecule has 1 saturated carbocycles. The van der Waals surface area contributed by atoms with E-state index >= 15 is 0 Å². The Labute approximate surface area is 164 Å². The van der Waals surface area contributed by atoms with Gasteiger partial charge in [0, 0.05) is 33.8 Å². The third-order valence-electron chi connectivity index (χ3n) is 5.49. The van der Waals surface area contributed by atoms with Crippen molar-refractivity contribution >= 4 is 34.8 Å². The lowest BCUT2D eigenvalue weighted by Crippen LogP contribution is -2.54. The number of hydrogen-bond acceptors (Lipinski definition) is 2. The molecule has 5 heteroatoms. The van der Waals surface area contributed by atoms with E-state index in [1.54, 1.807) is 0 Å². The second-order valence-corrected chi connectivity index (χ2v) is 8.21. The standard InChI is InChI=1S/C21H22Cl2N2O/c22-15-6-4-5-14(11-15)13-21(25-17-7-2-1-3-8-17)18-10-9-16(23)12-19(18)24-20(21)26/h4-6,9-12,17,25H,1-3,7-8,13H2,(H,24,26). The molecule has 1 amide bonds. The van der Waals surface area contributed by atoms with Crippen LogP contribution in [0, 0.1) is 0 Å². The topological polar surface area (TPSA) is 41.1 Å². The van der Waals surface area contributed by atoms with Crippen molar-refractivity contribution in [3.05, 3.63) is 63.6 Å². The Bertz CT molecular complexity index is 833. The van der Waals surface area contributed by atoms with Gasteiger partial charge in [0.2, 0.25) is 5.91 Å². The number of amides is 1. The number of anilines is 1. The van der Waals surface area contributed by atoms with Gasteiger partial charge in [-0.1, -0.05) is 60.7 Å². The minimum Gasteiger partial charge on any atom is -0.324 e. The molecule has 0 radical (unpaired) electrons. The molecule has 1 fully saturated rings. The smallest absolute Gasteiger partial charge is 0.249 e. The van der Waals surface area contributed by atoms with Crippen molar-refractivity contribution in [3.63, 3.8) is 0 Å². The summed E-state index contributed by atoms with van der Waals surface area (Å²) in [5.74, 6) is -0.0136. The number of nitrogens with one attached hydrogen (secondary N) is 2. The van der Waals surface area contributed by atoms with E-state index < -0.39 is 5.54 Å². The Morgan fingerprint density at radius 2 is 1.81 bits per heavy atom. The van der Waals surface area contributed by atoms with Crippen LogP contribution in [0.25, 0.3) is 0 Å². The van der Waals surface area contributed by atoms with Gasteiger partial charge in [-0.2, -0.15) is 0 Å². The average molecular weight is 389 g/mol. The summed E-state index contributed by atoms with van der Waals surface area (Å²) in [4.78, 5) is 13.2. The normalized spacial score (nSPS) is 22.9. The van der Waals surface area contributed by atoms with Crippen LogP contribution in [-0.4, -0.2) is 11.9 Å². The van der Waals surface area contributed by atoms with Gasteiger partial charge >= 0.3 is 0 Å². The summed E-state index contributed by atoms with van der Waals surface area (Å²) < 4.78 is 0. The summed E-state index contributed by atoms with van der Waals surface area (Å²) in [6.07, 6.45) is 6.46. The lowest BCUT2D eigenvalue weighted by atomic mass is 9.82. The van der Waals surface area contributed by atoms with Crippen LogP contribution in [0.15, 0.2) is 42.5 Å². The molecule has 0 spiro atoms. The lowest BCUT2D eigenvalue weighted by molar-refractivity contribution is -0.122. The highest BCUT2D eigenvalue weighted by Crippen LogP contribution is 2.41. The van der Waals surface area contributed by atoms with Gasteiger partial charge in [0.25, 0.3) is 0 Å². The zero-order valence-electron chi connectivity index (χ0n) is 14.5. The molecule has 2 aromatic carbocycles. The fourth-order valence-electron chi connectivity index (χ4n) is 4.26. The van der Waals surface area contributed by atoms with E-state index in [0.717, 1.165) is 29.7 Å². The highest BCUT2D eigenvalue weighted by molar-refractivity contribution is 6.31. The Morgan fingerprint density at radius 1 is 1.04 bits per heavy atom. The van der Waals surface area contributed by atoms with E-state index in [0.29, 0.717) is 22.5 Å². The molecule has 2 aliphatic rings. The highest BCUT2D eigenvalue weighted by atomic mass is 35.5. The first-order valence-corrected chi connectivity index (χ1v) is 9.96. The largest absolute Gasteiger partial charge is 0.324 e. The first-order chi connectivity index (χ1) is 12.6. The third-order valence-corrected chi connectivity index (χ3v) is 5.96. The number of carbonyl (C=O) groups excluding carboxylic acids is 1. The molecule has 0 bridgehead atoms. The van der Waals surface area contributed by atoms with Crippen LogP contribution in [0.2, 0.25) is 10.0 Å². The molecular formula is C21H22Cl2N2O. The van der Waals surface area contributed by atoms with Crippen LogP contribution >= 0.6 is 23.2 Å². The van der Waals surface area contributed by atoms with Gasteiger partial charge < -0.3 is 5.32 Å². The molecule has 3 nitrogen and oxygen atoms in total. The summed E-state index contributed by atoms with van der Waals surface area (Å²) in [7, 11) is 0. The molecule has 0 saturated heterocycles. The number of carbonyl (C=O) groups is 1. The van der Waals surface area contributed by atoms with Gasteiger partial charge in [0.1, 0.15) is 5.54 Å². The molecule has 26 heavy (non-hydrogen) atoms. The molecular weight excluding hydrogens is 367 g/mol. The Kier molecular flexibility index (Phi) is 4.96. The van der Waals surface area contributed by atoms with Gasteiger partial charge in [-0.05, 0) is 42.7 Å². The molecule has 1 unspecified atom stereocenters. The molecule has 1 aliphatic heterocycles. The zero-order valence-corrected chi connectivity index (χ0v) is 16.0. The van der Waals surface area contributed by atoms with Crippen molar-refractivity contribution in [2.24, 2.45) is 0 Å². The van der Waals surface area contributed by atoms with Crippen molar-refractivity contribution in [1.29, 1.82) is 0 Å². The number of hydrogen-bond donors (Lipinski definition) is 2. The fraction of sp³-hybridized carbons (Fsp3) is 0.381. The van der Waals surface area contributed by atoms with Gasteiger partial charge in [-0.15, -0.1) is 0 Å². The van der Waals surface area contributed by atoms with E-state index in [1.165, 1.54) is 19.3 Å². The van der Waals surface area contributed by atoms with Crippen molar-refractivity contribution in [2.45, 2.75) is 50.1 Å². The van der Waals surface area contributed by atoms with E-state index in [4.69, 9.17) is 23.2 Å². The summed E-state index contributed by atoms with van der Waals surface area (Å²) in [6, 6.07) is 13.7. The summed E-state index contributed by atoms with van der Waals surface area (Å²) in [5, 5.41) is 8.07. The minimum absolute atomic E-state index is 0.0136.